The fourth-order valence-electron chi connectivity index (χ4n) is 4.17. The summed E-state index contributed by atoms with van der Waals surface area (Å²) in [4.78, 5) is 16.9. The lowest BCUT2D eigenvalue weighted by atomic mass is 9.82. The average Bonchev–Trinajstić information content (AvgIpc) is 2.78. The van der Waals surface area contributed by atoms with Gasteiger partial charge >= 0.3 is 0 Å². The molecule has 1 amide bonds. The first-order valence-electron chi connectivity index (χ1n) is 10.6. The Morgan fingerprint density at radius 1 is 1.30 bits per heavy atom. The van der Waals surface area contributed by atoms with Gasteiger partial charge in [-0.05, 0) is 93.0 Å². The van der Waals surface area contributed by atoms with Crippen LogP contribution in [0.5, 0.6) is 11.5 Å². The number of carbonyl (C=O) groups is 1. The number of hydrogen-bond acceptors (Lipinski definition) is 6. The van der Waals surface area contributed by atoms with Gasteiger partial charge in [0.25, 0.3) is 0 Å². The lowest BCUT2D eigenvalue weighted by molar-refractivity contribution is -0.125. The van der Waals surface area contributed by atoms with Gasteiger partial charge in [0, 0.05) is 12.4 Å². The molecule has 2 aromatic rings. The molecular formula is C23H32N4O3. The monoisotopic (exact) mass is 412 g/mol. The molecule has 3 rings (SSSR count). The van der Waals surface area contributed by atoms with Crippen molar-refractivity contribution in [3.05, 3.63) is 53.9 Å². The van der Waals surface area contributed by atoms with Crippen molar-refractivity contribution in [1.29, 1.82) is 0 Å². The summed E-state index contributed by atoms with van der Waals surface area (Å²) in [5.74, 6) is 0.555. The number of benzene rings is 1. The molecule has 162 valence electrons. The Balaban J connectivity index is 1.84. The first-order chi connectivity index (χ1) is 14.5. The number of phenols is 1. The Morgan fingerprint density at radius 2 is 2.03 bits per heavy atom. The number of methoxy groups -OCH3 is 1. The molecule has 1 aromatic heterocycles. The predicted octanol–water partition coefficient (Wildman–Crippen LogP) is 2.09. The second-order valence-corrected chi connectivity index (χ2v) is 7.92. The molecule has 1 aliphatic rings. The summed E-state index contributed by atoms with van der Waals surface area (Å²) in [7, 11) is 1.49. The summed E-state index contributed by atoms with van der Waals surface area (Å²) < 4.78 is 5.28. The third-order valence-electron chi connectivity index (χ3n) is 6.07. The molecule has 1 fully saturated rings. The minimum Gasteiger partial charge on any atom is -0.504 e. The fourth-order valence-corrected chi connectivity index (χ4v) is 4.17. The zero-order chi connectivity index (χ0) is 21.4. The van der Waals surface area contributed by atoms with Gasteiger partial charge in [0.15, 0.2) is 11.5 Å². The number of amides is 1. The molecule has 30 heavy (non-hydrogen) atoms. The Hall–Kier alpha value is -2.64. The van der Waals surface area contributed by atoms with Crippen molar-refractivity contribution in [1.82, 2.24) is 15.6 Å². The van der Waals surface area contributed by atoms with Gasteiger partial charge in [-0.3, -0.25) is 15.1 Å². The Bertz CT molecular complexity index is 824. The van der Waals surface area contributed by atoms with Crippen molar-refractivity contribution in [3.63, 3.8) is 0 Å². The highest BCUT2D eigenvalue weighted by Gasteiger charge is 2.38. The Labute approximate surface area is 178 Å². The second-order valence-electron chi connectivity index (χ2n) is 7.92. The number of nitrogens with zero attached hydrogens (tertiary/aromatic N) is 1. The number of phenolic OH excluding ortho intramolecular Hbond substituents is 1. The van der Waals surface area contributed by atoms with Crippen molar-refractivity contribution in [2.75, 3.05) is 26.7 Å². The largest absolute Gasteiger partial charge is 0.504 e. The van der Waals surface area contributed by atoms with E-state index in [1.54, 1.807) is 30.6 Å². The van der Waals surface area contributed by atoms with Crippen molar-refractivity contribution in [2.24, 2.45) is 11.7 Å². The van der Waals surface area contributed by atoms with Gasteiger partial charge in [-0.1, -0.05) is 6.07 Å². The van der Waals surface area contributed by atoms with Crippen molar-refractivity contribution < 1.29 is 14.6 Å². The average molecular weight is 413 g/mol. The molecule has 1 aliphatic heterocycles. The van der Waals surface area contributed by atoms with E-state index in [4.69, 9.17) is 10.5 Å². The van der Waals surface area contributed by atoms with Crippen LogP contribution < -0.4 is 21.1 Å². The first kappa shape index (κ1) is 22.1. The second kappa shape index (κ2) is 10.4. The maximum atomic E-state index is 12.8. The van der Waals surface area contributed by atoms with E-state index in [-0.39, 0.29) is 5.75 Å². The number of primary amides is 1. The fraction of sp³-hybridized carbons (Fsp3) is 0.478. The van der Waals surface area contributed by atoms with E-state index in [2.05, 4.69) is 15.6 Å². The highest BCUT2D eigenvalue weighted by molar-refractivity contribution is 5.86. The van der Waals surface area contributed by atoms with E-state index in [9.17, 15) is 9.90 Å². The van der Waals surface area contributed by atoms with E-state index in [1.807, 2.05) is 12.1 Å². The lowest BCUT2D eigenvalue weighted by Gasteiger charge is -2.34. The van der Waals surface area contributed by atoms with Crippen molar-refractivity contribution >= 4 is 5.91 Å². The van der Waals surface area contributed by atoms with E-state index < -0.39 is 11.4 Å². The molecule has 0 radical (unpaired) electrons. The van der Waals surface area contributed by atoms with Gasteiger partial charge in [0.2, 0.25) is 5.91 Å². The summed E-state index contributed by atoms with van der Waals surface area (Å²) in [5, 5.41) is 16.9. The van der Waals surface area contributed by atoms with Crippen molar-refractivity contribution in [3.8, 4) is 11.5 Å². The number of rotatable bonds is 10. The van der Waals surface area contributed by atoms with Gasteiger partial charge < -0.3 is 20.9 Å². The van der Waals surface area contributed by atoms with Gasteiger partial charge in [0.1, 0.15) is 5.54 Å². The van der Waals surface area contributed by atoms with Gasteiger partial charge in [-0.15, -0.1) is 0 Å². The summed E-state index contributed by atoms with van der Waals surface area (Å²) in [6.45, 7) is 2.78. The highest BCUT2D eigenvalue weighted by atomic mass is 16.5. The standard InChI is InChI=1S/C23H32N4O3/c1-30-21-16-19(2-3-20(21)28)23(22(24)29,10-4-17-5-11-25-12-6-17)27-15-9-18-7-13-26-14-8-18/h2-3,5-6,11-12,16,18,26-28H,4,7-10,13-15H2,1H3,(H2,24,29). The Morgan fingerprint density at radius 3 is 2.70 bits per heavy atom. The van der Waals surface area contributed by atoms with Crippen LogP contribution in [0.4, 0.5) is 0 Å². The zero-order valence-corrected chi connectivity index (χ0v) is 17.6. The van der Waals surface area contributed by atoms with E-state index in [0.29, 0.717) is 36.6 Å². The van der Waals surface area contributed by atoms with Crippen LogP contribution >= 0.6 is 0 Å². The summed E-state index contributed by atoms with van der Waals surface area (Å²) in [6.07, 6.45) is 7.93. The molecule has 1 aromatic carbocycles. The van der Waals surface area contributed by atoms with Crippen LogP contribution in [0.25, 0.3) is 0 Å². The van der Waals surface area contributed by atoms with Crippen LogP contribution in [0.3, 0.4) is 0 Å². The molecule has 0 saturated carbocycles. The predicted molar refractivity (Wildman–Crippen MR) is 116 cm³/mol. The van der Waals surface area contributed by atoms with Gasteiger partial charge in [-0.25, -0.2) is 0 Å². The van der Waals surface area contributed by atoms with E-state index in [0.717, 1.165) is 37.9 Å². The highest BCUT2D eigenvalue weighted by Crippen LogP contribution is 2.34. The maximum absolute atomic E-state index is 12.8. The number of aryl methyl sites for hydroxylation is 1. The summed E-state index contributed by atoms with van der Waals surface area (Å²) in [5.41, 5.74) is 6.71. The molecule has 1 saturated heterocycles. The van der Waals surface area contributed by atoms with Crippen LogP contribution in [0.2, 0.25) is 0 Å². The zero-order valence-electron chi connectivity index (χ0n) is 17.6. The van der Waals surface area contributed by atoms with Crippen LogP contribution in [-0.2, 0) is 16.8 Å². The normalized spacial score (nSPS) is 16.7. The van der Waals surface area contributed by atoms with E-state index >= 15 is 0 Å². The number of aromatic hydroxyl groups is 1. The maximum Gasteiger partial charge on any atom is 0.242 e. The number of piperidine rings is 1. The van der Waals surface area contributed by atoms with Crippen molar-refractivity contribution in [2.45, 2.75) is 37.6 Å². The summed E-state index contributed by atoms with van der Waals surface area (Å²) >= 11 is 0. The number of aromatic nitrogens is 1. The number of nitrogens with two attached hydrogens (primary N) is 1. The minimum absolute atomic E-state index is 0.0310. The number of nitrogens with one attached hydrogen (secondary N) is 2. The quantitative estimate of drug-likeness (QED) is 0.476. The van der Waals surface area contributed by atoms with Gasteiger partial charge in [-0.2, -0.15) is 0 Å². The minimum atomic E-state index is -1.06. The molecule has 7 heteroatoms. The van der Waals surface area contributed by atoms with Crippen LogP contribution in [0.1, 0.15) is 36.8 Å². The smallest absolute Gasteiger partial charge is 0.242 e. The number of carbonyl (C=O) groups excluding carboxylic acids is 1. The lowest BCUT2D eigenvalue weighted by Crippen LogP contribution is -2.53. The summed E-state index contributed by atoms with van der Waals surface area (Å²) in [6, 6.07) is 8.88. The molecule has 1 atom stereocenters. The molecule has 1 unspecified atom stereocenters. The molecule has 0 spiro atoms. The third-order valence-corrected chi connectivity index (χ3v) is 6.07. The Kier molecular flexibility index (Phi) is 7.65. The molecule has 2 heterocycles. The molecular weight excluding hydrogens is 380 g/mol. The van der Waals surface area contributed by atoms with E-state index in [1.165, 1.54) is 7.11 Å². The first-order valence-corrected chi connectivity index (χ1v) is 10.6. The van der Waals surface area contributed by atoms with Crippen LogP contribution in [-0.4, -0.2) is 42.7 Å². The molecule has 5 N–H and O–H groups in total. The number of hydrogen-bond donors (Lipinski definition) is 4. The number of pyridine rings is 1. The van der Waals surface area contributed by atoms with Crippen LogP contribution in [0.15, 0.2) is 42.7 Å². The number of ether oxygens (including phenoxy) is 1. The molecule has 0 bridgehead atoms. The molecule has 7 nitrogen and oxygen atoms in total. The SMILES string of the molecule is COc1cc(C(CCc2ccncc2)(NCCC2CCNCC2)C(N)=O)ccc1O. The molecule has 0 aliphatic carbocycles. The third kappa shape index (κ3) is 5.29. The van der Waals surface area contributed by atoms with Crippen LogP contribution in [0, 0.1) is 5.92 Å². The van der Waals surface area contributed by atoms with Gasteiger partial charge in [0.05, 0.1) is 7.11 Å². The topological polar surface area (TPSA) is 110 Å².